The summed E-state index contributed by atoms with van der Waals surface area (Å²) in [5.41, 5.74) is 9.97. The number of thioether (sulfide) groups is 1. The van der Waals surface area contributed by atoms with Crippen LogP contribution >= 0.6 is 27.7 Å². The molecule has 0 bridgehead atoms. The molecule has 1 aliphatic rings. The number of rotatable bonds is 11. The van der Waals surface area contributed by atoms with Crippen molar-refractivity contribution in [2.24, 2.45) is 5.73 Å². The van der Waals surface area contributed by atoms with Gasteiger partial charge in [-0.3, -0.25) is 4.79 Å². The Bertz CT molecular complexity index is 1320. The Hall–Kier alpha value is -2.98. The first kappa shape index (κ1) is 27.1. The fourth-order valence-electron chi connectivity index (χ4n) is 4.20. The Balaban J connectivity index is 1.74. The van der Waals surface area contributed by atoms with Crippen LogP contribution < -0.4 is 20.5 Å². The van der Waals surface area contributed by atoms with Crippen molar-refractivity contribution >= 4 is 39.5 Å². The first-order valence-corrected chi connectivity index (χ1v) is 14.1. The summed E-state index contributed by atoms with van der Waals surface area (Å²) in [5.74, 6) is 2.14. The smallest absolute Gasteiger partial charge is 0.248 e. The van der Waals surface area contributed by atoms with Crippen LogP contribution in [0, 0.1) is 6.92 Å². The molecule has 10 heteroatoms. The van der Waals surface area contributed by atoms with Crippen molar-refractivity contribution in [3.8, 4) is 11.5 Å². The van der Waals surface area contributed by atoms with E-state index in [1.165, 1.54) is 0 Å². The van der Waals surface area contributed by atoms with Gasteiger partial charge >= 0.3 is 0 Å². The summed E-state index contributed by atoms with van der Waals surface area (Å²) in [6, 6.07) is 11.4. The van der Waals surface area contributed by atoms with Gasteiger partial charge in [-0.25, -0.2) is 4.68 Å². The maximum atomic E-state index is 12.6. The molecule has 0 radical (unpaired) electrons. The summed E-state index contributed by atoms with van der Waals surface area (Å²) in [5, 5.41) is 8.59. The zero-order valence-corrected chi connectivity index (χ0v) is 23.9. The molecule has 0 saturated carbocycles. The predicted molar refractivity (Wildman–Crippen MR) is 150 cm³/mol. The lowest BCUT2D eigenvalue weighted by molar-refractivity contribution is -0.115. The molecule has 37 heavy (non-hydrogen) atoms. The van der Waals surface area contributed by atoms with E-state index in [-0.39, 0.29) is 0 Å². The fraction of sp³-hybridized carbons (Fsp3) is 0.370. The Morgan fingerprint density at radius 1 is 1.22 bits per heavy atom. The second-order valence-electron chi connectivity index (χ2n) is 8.77. The third kappa shape index (κ3) is 5.96. The van der Waals surface area contributed by atoms with E-state index in [9.17, 15) is 4.79 Å². The number of halogens is 1. The van der Waals surface area contributed by atoms with E-state index in [0.717, 1.165) is 35.3 Å². The zero-order chi connectivity index (χ0) is 26.5. The Kier molecular flexibility index (Phi) is 8.81. The average molecular weight is 587 g/mol. The van der Waals surface area contributed by atoms with Crippen LogP contribution in [0.5, 0.6) is 11.5 Å². The molecule has 1 unspecified atom stereocenters. The van der Waals surface area contributed by atoms with Crippen molar-refractivity contribution in [1.82, 2.24) is 14.8 Å². The molecule has 3 N–H and O–H groups in total. The Morgan fingerprint density at radius 2 is 2.00 bits per heavy atom. The largest absolute Gasteiger partial charge is 0.490 e. The first-order chi connectivity index (χ1) is 17.8. The highest BCUT2D eigenvalue weighted by molar-refractivity contribution is 9.10. The average Bonchev–Trinajstić information content (AvgIpc) is 3.25. The van der Waals surface area contributed by atoms with E-state index < -0.39 is 11.9 Å². The lowest BCUT2D eigenvalue weighted by atomic mass is 9.95. The van der Waals surface area contributed by atoms with E-state index in [1.807, 2.05) is 44.2 Å². The molecular weight excluding hydrogens is 554 g/mol. The van der Waals surface area contributed by atoms with Gasteiger partial charge < -0.3 is 20.5 Å². The van der Waals surface area contributed by atoms with Crippen LogP contribution in [-0.2, 0) is 11.4 Å². The van der Waals surface area contributed by atoms with Crippen molar-refractivity contribution in [2.75, 3.05) is 17.7 Å². The first-order valence-electron chi connectivity index (χ1n) is 12.3. The van der Waals surface area contributed by atoms with Gasteiger partial charge in [0.2, 0.25) is 17.0 Å². The minimum atomic E-state index is -0.567. The number of hydrogen-bond donors (Lipinski definition) is 2. The Labute approximate surface area is 230 Å². The number of allylic oxidation sites excluding steroid dienone is 1. The number of hydrogen-bond acceptors (Lipinski definition) is 7. The van der Waals surface area contributed by atoms with Gasteiger partial charge in [-0.15, -0.1) is 5.10 Å². The number of benzene rings is 2. The summed E-state index contributed by atoms with van der Waals surface area (Å²) >= 11 is 5.28. The number of anilines is 1. The lowest BCUT2D eigenvalue weighted by Crippen LogP contribution is -2.32. The van der Waals surface area contributed by atoms with Gasteiger partial charge in [0.05, 0.1) is 16.7 Å². The summed E-state index contributed by atoms with van der Waals surface area (Å²) in [6.07, 6.45) is 2.17. The van der Waals surface area contributed by atoms with Crippen molar-refractivity contribution in [3.63, 3.8) is 0 Å². The van der Waals surface area contributed by atoms with Crippen LogP contribution in [0.4, 0.5) is 5.95 Å². The molecule has 0 fully saturated rings. The number of aryl methyl sites for hydroxylation is 1. The highest BCUT2D eigenvalue weighted by Gasteiger charge is 2.34. The molecule has 0 saturated heterocycles. The molecular formula is C27H32BrN5O3S. The highest BCUT2D eigenvalue weighted by atomic mass is 79.9. The summed E-state index contributed by atoms with van der Waals surface area (Å²) in [4.78, 5) is 17.3. The summed E-state index contributed by atoms with van der Waals surface area (Å²) in [6.45, 7) is 8.81. The highest BCUT2D eigenvalue weighted by Crippen LogP contribution is 2.43. The molecule has 1 aliphatic heterocycles. The third-order valence-electron chi connectivity index (χ3n) is 6.11. The molecule has 1 amide bonds. The fourth-order valence-corrected chi connectivity index (χ4v) is 5.68. The predicted octanol–water partition coefficient (Wildman–Crippen LogP) is 5.99. The second-order valence-corrected chi connectivity index (χ2v) is 10.7. The van der Waals surface area contributed by atoms with Gasteiger partial charge in [0.15, 0.2) is 11.5 Å². The monoisotopic (exact) mass is 585 g/mol. The molecule has 3 aromatic rings. The van der Waals surface area contributed by atoms with Gasteiger partial charge in [0, 0.05) is 11.4 Å². The maximum Gasteiger partial charge on any atom is 0.248 e. The molecule has 1 aromatic heterocycles. The van der Waals surface area contributed by atoms with Crippen molar-refractivity contribution in [3.05, 3.63) is 68.8 Å². The number of fused-ring (bicyclic) bond motifs is 1. The quantitative estimate of drug-likeness (QED) is 0.210. The molecule has 0 spiro atoms. The van der Waals surface area contributed by atoms with Crippen LogP contribution in [-0.4, -0.2) is 33.0 Å². The van der Waals surface area contributed by atoms with E-state index in [1.54, 1.807) is 16.4 Å². The molecule has 196 valence electrons. The van der Waals surface area contributed by atoms with Crippen LogP contribution in [0.2, 0.25) is 0 Å². The standard InChI is InChI=1S/C27H32BrN5O3S/c1-5-7-12-37-27-31-26-30-17(4)22(25(29)34)23(33(26)32-27)19-13-20(28)24(21(14-19)35-6-2)36-15-18-11-9-8-10-16(18)3/h8-11,13-14,23H,5-7,12,15H2,1-4H3,(H2,29,34)(H,30,31,32). The minimum absolute atomic E-state index is 0.398. The van der Waals surface area contributed by atoms with E-state index in [4.69, 9.17) is 20.3 Å². The van der Waals surface area contributed by atoms with Crippen LogP contribution in [0.15, 0.2) is 57.3 Å². The molecule has 2 aromatic carbocycles. The van der Waals surface area contributed by atoms with Crippen molar-refractivity contribution in [2.45, 2.75) is 58.3 Å². The number of primary amides is 1. The van der Waals surface area contributed by atoms with Gasteiger partial charge in [0.1, 0.15) is 12.6 Å². The lowest BCUT2D eigenvalue weighted by Gasteiger charge is -2.28. The van der Waals surface area contributed by atoms with Crippen molar-refractivity contribution in [1.29, 1.82) is 0 Å². The van der Waals surface area contributed by atoms with Gasteiger partial charge in [0.25, 0.3) is 0 Å². The molecule has 1 atom stereocenters. The van der Waals surface area contributed by atoms with Gasteiger partial charge in [-0.05, 0) is 71.9 Å². The number of carbonyl (C=O) groups excluding carboxylic acids is 1. The third-order valence-corrected chi connectivity index (χ3v) is 7.62. The zero-order valence-electron chi connectivity index (χ0n) is 21.5. The van der Waals surface area contributed by atoms with E-state index in [0.29, 0.717) is 51.6 Å². The van der Waals surface area contributed by atoms with Crippen LogP contribution in [0.3, 0.4) is 0 Å². The number of ether oxygens (including phenoxy) is 2. The summed E-state index contributed by atoms with van der Waals surface area (Å²) in [7, 11) is 0. The second kappa shape index (κ2) is 12.0. The van der Waals surface area contributed by atoms with E-state index >= 15 is 0 Å². The number of amides is 1. The number of nitrogens with zero attached hydrogens (tertiary/aromatic N) is 3. The number of nitrogens with one attached hydrogen (secondary N) is 1. The van der Waals surface area contributed by atoms with Gasteiger partial charge in [-0.2, -0.15) is 4.98 Å². The molecule has 0 aliphatic carbocycles. The topological polar surface area (TPSA) is 104 Å². The Morgan fingerprint density at radius 3 is 2.70 bits per heavy atom. The SMILES string of the molecule is CCCCSc1nc2n(n1)C(c1cc(Br)c(OCc3ccccc3C)c(OCC)c1)C(C(N)=O)=C(C)N2. The van der Waals surface area contributed by atoms with Crippen molar-refractivity contribution < 1.29 is 14.3 Å². The molecule has 2 heterocycles. The normalized spacial score (nSPS) is 14.8. The number of carbonyl (C=O) groups is 1. The maximum absolute atomic E-state index is 12.6. The number of unbranched alkanes of at least 4 members (excludes halogenated alkanes) is 1. The number of nitrogens with two attached hydrogens (primary N) is 1. The van der Waals surface area contributed by atoms with Crippen LogP contribution in [0.1, 0.15) is 56.3 Å². The minimum Gasteiger partial charge on any atom is -0.490 e. The van der Waals surface area contributed by atoms with Gasteiger partial charge in [-0.1, -0.05) is 49.4 Å². The summed E-state index contributed by atoms with van der Waals surface area (Å²) < 4.78 is 14.7. The number of aromatic nitrogens is 3. The molecule has 4 rings (SSSR count). The van der Waals surface area contributed by atoms with Crippen LogP contribution in [0.25, 0.3) is 0 Å². The van der Waals surface area contributed by atoms with E-state index in [2.05, 4.69) is 46.1 Å². The molecule has 8 nitrogen and oxygen atoms in total.